The maximum absolute atomic E-state index is 13.6. The van der Waals surface area contributed by atoms with E-state index in [1.54, 1.807) is 41.8 Å². The van der Waals surface area contributed by atoms with E-state index in [2.05, 4.69) is 15.2 Å². The summed E-state index contributed by atoms with van der Waals surface area (Å²) >= 11 is 2.73. The van der Waals surface area contributed by atoms with Crippen LogP contribution in [0.1, 0.15) is 35.5 Å². The first-order chi connectivity index (χ1) is 20.0. The molecule has 0 radical (unpaired) electrons. The van der Waals surface area contributed by atoms with Crippen molar-refractivity contribution in [2.45, 2.75) is 30.0 Å². The van der Waals surface area contributed by atoms with Gasteiger partial charge in [-0.25, -0.2) is 4.98 Å². The SMILES string of the molecule is CCOc1ccc(C2C(=C(O)c3c(C)nc4ccccn34)C(=O)C(=O)N2c2nnc(SCc3ccccc3)s2)cc1. The van der Waals surface area contributed by atoms with Crippen LogP contribution in [-0.2, 0) is 15.3 Å². The van der Waals surface area contributed by atoms with Crippen molar-refractivity contribution < 1.29 is 19.4 Å². The molecule has 206 valence electrons. The first-order valence-electron chi connectivity index (χ1n) is 12.9. The van der Waals surface area contributed by atoms with E-state index in [4.69, 9.17) is 4.74 Å². The molecule has 41 heavy (non-hydrogen) atoms. The summed E-state index contributed by atoms with van der Waals surface area (Å²) in [6, 6.07) is 21.6. The smallest absolute Gasteiger partial charge is 0.301 e. The molecule has 1 atom stereocenters. The molecule has 0 spiro atoms. The summed E-state index contributed by atoms with van der Waals surface area (Å²) < 4.78 is 7.96. The highest BCUT2D eigenvalue weighted by atomic mass is 32.2. The molecule has 1 amide bonds. The highest BCUT2D eigenvalue weighted by Gasteiger charge is 2.48. The lowest BCUT2D eigenvalue weighted by atomic mass is 9.96. The number of ether oxygens (including phenoxy) is 1. The number of rotatable bonds is 8. The summed E-state index contributed by atoms with van der Waals surface area (Å²) in [6.45, 7) is 4.15. The number of anilines is 1. The van der Waals surface area contributed by atoms with Crippen LogP contribution in [0.5, 0.6) is 5.75 Å². The van der Waals surface area contributed by atoms with Gasteiger partial charge >= 0.3 is 5.91 Å². The van der Waals surface area contributed by atoms with Gasteiger partial charge in [-0.05, 0) is 49.2 Å². The van der Waals surface area contributed by atoms with Gasteiger partial charge in [-0.3, -0.25) is 18.9 Å². The number of aliphatic hydroxyl groups excluding tert-OH is 1. The number of amides is 1. The van der Waals surface area contributed by atoms with Gasteiger partial charge < -0.3 is 9.84 Å². The van der Waals surface area contributed by atoms with Crippen LogP contribution in [0.25, 0.3) is 11.4 Å². The third-order valence-electron chi connectivity index (χ3n) is 6.69. The Morgan fingerprint density at radius 1 is 1.02 bits per heavy atom. The van der Waals surface area contributed by atoms with Crippen molar-refractivity contribution in [3.8, 4) is 5.75 Å². The molecule has 1 unspecified atom stereocenters. The zero-order valence-corrected chi connectivity index (χ0v) is 23.9. The topological polar surface area (TPSA) is 110 Å². The van der Waals surface area contributed by atoms with Crippen molar-refractivity contribution in [3.63, 3.8) is 0 Å². The molecule has 0 saturated carbocycles. The van der Waals surface area contributed by atoms with Crippen molar-refractivity contribution in [2.24, 2.45) is 0 Å². The summed E-state index contributed by atoms with van der Waals surface area (Å²) in [5.41, 5.74) is 3.21. The molecule has 1 fully saturated rings. The van der Waals surface area contributed by atoms with Crippen LogP contribution in [0.3, 0.4) is 0 Å². The number of carbonyl (C=O) groups excluding carboxylic acids is 2. The van der Waals surface area contributed by atoms with Crippen molar-refractivity contribution in [1.29, 1.82) is 0 Å². The van der Waals surface area contributed by atoms with Gasteiger partial charge in [0.2, 0.25) is 5.13 Å². The highest BCUT2D eigenvalue weighted by molar-refractivity contribution is 8.00. The van der Waals surface area contributed by atoms with E-state index in [9.17, 15) is 14.7 Å². The van der Waals surface area contributed by atoms with E-state index in [0.29, 0.717) is 45.0 Å². The number of aromatic nitrogens is 4. The number of hydrogen-bond acceptors (Lipinski definition) is 9. The van der Waals surface area contributed by atoms with Crippen molar-refractivity contribution in [3.05, 3.63) is 107 Å². The first-order valence-corrected chi connectivity index (χ1v) is 14.7. The summed E-state index contributed by atoms with van der Waals surface area (Å²) in [7, 11) is 0. The minimum atomic E-state index is -0.931. The molecule has 0 bridgehead atoms. The van der Waals surface area contributed by atoms with Gasteiger partial charge in [0.1, 0.15) is 17.1 Å². The number of aryl methyl sites for hydroxylation is 1. The summed E-state index contributed by atoms with van der Waals surface area (Å²) in [5, 5.41) is 20.5. The standard InChI is InChI=1S/C30H25N5O4S2/c1-3-39-21-14-12-20(13-15-21)25-23(26(36)24-18(2)31-22-11-7-8-16-34(22)24)27(37)28(38)35(25)29-32-33-30(41-29)40-17-19-9-5-4-6-10-19/h4-16,25,36H,3,17H2,1-2H3. The molecule has 11 heteroatoms. The van der Waals surface area contributed by atoms with Gasteiger partial charge in [0, 0.05) is 11.9 Å². The van der Waals surface area contributed by atoms with E-state index in [-0.39, 0.29) is 16.5 Å². The van der Waals surface area contributed by atoms with Crippen LogP contribution >= 0.6 is 23.1 Å². The van der Waals surface area contributed by atoms with Gasteiger partial charge in [0.25, 0.3) is 5.78 Å². The molecule has 3 aromatic heterocycles. The van der Waals surface area contributed by atoms with Gasteiger partial charge in [0.15, 0.2) is 10.1 Å². The Kier molecular flexibility index (Phi) is 7.29. The zero-order chi connectivity index (χ0) is 28.5. The number of Topliss-reactive ketones (excluding diaryl/α,β-unsaturated/α-hetero) is 1. The molecule has 5 aromatic rings. The van der Waals surface area contributed by atoms with Crippen molar-refractivity contribution in [2.75, 3.05) is 11.5 Å². The van der Waals surface area contributed by atoms with Gasteiger partial charge in [0.05, 0.1) is 23.9 Å². The van der Waals surface area contributed by atoms with Crippen LogP contribution in [0.15, 0.2) is 88.9 Å². The maximum atomic E-state index is 13.6. The molecule has 1 N–H and O–H groups in total. The number of carbonyl (C=O) groups is 2. The Bertz CT molecular complexity index is 1780. The number of imidazole rings is 1. The fourth-order valence-corrected chi connectivity index (χ4v) is 6.69. The Morgan fingerprint density at radius 2 is 1.78 bits per heavy atom. The highest BCUT2D eigenvalue weighted by Crippen LogP contribution is 2.44. The van der Waals surface area contributed by atoms with E-state index < -0.39 is 17.7 Å². The molecule has 1 saturated heterocycles. The van der Waals surface area contributed by atoms with E-state index in [1.807, 2.05) is 55.5 Å². The number of hydrogen-bond donors (Lipinski definition) is 1. The third-order valence-corrected chi connectivity index (χ3v) is 8.81. The first kappa shape index (κ1) is 26.7. The largest absolute Gasteiger partial charge is 0.505 e. The monoisotopic (exact) mass is 583 g/mol. The predicted octanol–water partition coefficient (Wildman–Crippen LogP) is 5.81. The van der Waals surface area contributed by atoms with Crippen molar-refractivity contribution in [1.82, 2.24) is 19.6 Å². The number of pyridine rings is 1. The number of fused-ring (bicyclic) bond motifs is 1. The van der Waals surface area contributed by atoms with Crippen LogP contribution in [0.2, 0.25) is 0 Å². The number of aliphatic hydroxyl groups is 1. The summed E-state index contributed by atoms with van der Waals surface area (Å²) in [6.07, 6.45) is 1.76. The third kappa shape index (κ3) is 4.98. The fraction of sp³-hybridized carbons (Fsp3) is 0.167. The van der Waals surface area contributed by atoms with Crippen LogP contribution in [0.4, 0.5) is 5.13 Å². The second kappa shape index (κ2) is 11.2. The molecule has 9 nitrogen and oxygen atoms in total. The number of nitrogens with zero attached hydrogens (tertiary/aromatic N) is 5. The number of ketones is 1. The van der Waals surface area contributed by atoms with Crippen LogP contribution in [-0.4, -0.2) is 43.0 Å². The predicted molar refractivity (Wildman–Crippen MR) is 158 cm³/mol. The Balaban J connectivity index is 1.44. The van der Waals surface area contributed by atoms with Crippen LogP contribution in [0, 0.1) is 6.92 Å². The molecular weight excluding hydrogens is 558 g/mol. The molecule has 1 aliphatic rings. The molecule has 1 aliphatic heterocycles. The van der Waals surface area contributed by atoms with E-state index in [1.165, 1.54) is 28.0 Å². The maximum Gasteiger partial charge on any atom is 0.301 e. The average Bonchev–Trinajstić information content (AvgIpc) is 3.66. The van der Waals surface area contributed by atoms with Gasteiger partial charge in [-0.2, -0.15) is 0 Å². The van der Waals surface area contributed by atoms with E-state index >= 15 is 0 Å². The Morgan fingerprint density at radius 3 is 2.54 bits per heavy atom. The molecule has 6 rings (SSSR count). The second-order valence-electron chi connectivity index (χ2n) is 9.27. The quantitative estimate of drug-likeness (QED) is 0.0801. The number of benzene rings is 2. The van der Waals surface area contributed by atoms with Gasteiger partial charge in [-0.1, -0.05) is 71.6 Å². The average molecular weight is 584 g/mol. The summed E-state index contributed by atoms with van der Waals surface area (Å²) in [4.78, 5) is 33.1. The lowest BCUT2D eigenvalue weighted by Crippen LogP contribution is -2.29. The second-order valence-corrected chi connectivity index (χ2v) is 11.4. The number of thioether (sulfide) groups is 1. The normalized spacial score (nSPS) is 16.5. The molecule has 0 aliphatic carbocycles. The molecule has 2 aromatic carbocycles. The lowest BCUT2D eigenvalue weighted by molar-refractivity contribution is -0.132. The Hall–Kier alpha value is -4.48. The summed E-state index contributed by atoms with van der Waals surface area (Å²) in [5.74, 6) is -0.553. The molecule has 4 heterocycles. The Labute approximate surface area is 244 Å². The zero-order valence-electron chi connectivity index (χ0n) is 22.2. The minimum Gasteiger partial charge on any atom is -0.505 e. The minimum absolute atomic E-state index is 0.0402. The van der Waals surface area contributed by atoms with E-state index in [0.717, 1.165) is 5.56 Å². The lowest BCUT2D eigenvalue weighted by Gasteiger charge is -2.22. The molecular formula is C30H25N5O4S2. The van der Waals surface area contributed by atoms with Crippen molar-refractivity contribution >= 4 is 51.3 Å². The van der Waals surface area contributed by atoms with Gasteiger partial charge in [-0.15, -0.1) is 10.2 Å². The fourth-order valence-electron chi connectivity index (χ4n) is 4.86. The van der Waals surface area contributed by atoms with Crippen LogP contribution < -0.4 is 9.64 Å².